The van der Waals surface area contributed by atoms with Crippen LogP contribution in [0.4, 0.5) is 0 Å². The zero-order valence-corrected chi connectivity index (χ0v) is 17.5. The molecule has 2 N–H and O–H groups in total. The SMILES string of the molecule is CN=C(NCCc1ccc(C)cc1)NC1CCN(C(C)c2ccccc2)CC1. The molecule has 2 aromatic rings. The van der Waals surface area contributed by atoms with Crippen molar-refractivity contribution in [2.75, 3.05) is 26.7 Å². The van der Waals surface area contributed by atoms with Gasteiger partial charge in [0.2, 0.25) is 0 Å². The van der Waals surface area contributed by atoms with Gasteiger partial charge in [-0.05, 0) is 44.2 Å². The number of aryl methyl sites for hydroxylation is 1. The molecule has 0 radical (unpaired) electrons. The summed E-state index contributed by atoms with van der Waals surface area (Å²) in [6.45, 7) is 7.57. The number of benzene rings is 2. The largest absolute Gasteiger partial charge is 0.356 e. The van der Waals surface area contributed by atoms with E-state index < -0.39 is 0 Å². The molecule has 1 fully saturated rings. The van der Waals surface area contributed by atoms with Crippen molar-refractivity contribution in [3.63, 3.8) is 0 Å². The average Bonchev–Trinajstić information content (AvgIpc) is 2.75. The molecule has 1 aliphatic heterocycles. The second kappa shape index (κ2) is 10.3. The molecule has 0 bridgehead atoms. The number of rotatable bonds is 6. The van der Waals surface area contributed by atoms with Gasteiger partial charge in [-0.15, -0.1) is 0 Å². The Kier molecular flexibility index (Phi) is 7.49. The van der Waals surface area contributed by atoms with Crippen molar-refractivity contribution in [2.45, 2.75) is 45.2 Å². The Balaban J connectivity index is 1.40. The molecule has 3 rings (SSSR count). The molecule has 150 valence electrons. The summed E-state index contributed by atoms with van der Waals surface area (Å²) in [5.74, 6) is 0.918. The standard InChI is InChI=1S/C24H34N4/c1-19-9-11-21(12-10-19)13-16-26-24(25-3)27-23-14-17-28(18-15-23)20(2)22-7-5-4-6-8-22/h4-12,20,23H,13-18H2,1-3H3,(H2,25,26,27). The van der Waals surface area contributed by atoms with E-state index in [1.54, 1.807) is 0 Å². The zero-order chi connectivity index (χ0) is 19.8. The number of nitrogens with one attached hydrogen (secondary N) is 2. The maximum absolute atomic E-state index is 4.41. The molecule has 0 aromatic heterocycles. The molecule has 1 aliphatic rings. The third kappa shape index (κ3) is 5.83. The molecule has 0 aliphatic carbocycles. The minimum absolute atomic E-state index is 0.481. The van der Waals surface area contributed by atoms with Gasteiger partial charge in [-0.3, -0.25) is 9.89 Å². The highest BCUT2D eigenvalue weighted by atomic mass is 15.2. The van der Waals surface area contributed by atoms with Crippen molar-refractivity contribution in [1.82, 2.24) is 15.5 Å². The molecule has 0 spiro atoms. The van der Waals surface area contributed by atoms with Crippen molar-refractivity contribution in [1.29, 1.82) is 0 Å². The first-order valence-corrected chi connectivity index (χ1v) is 10.5. The molecular weight excluding hydrogens is 344 g/mol. The van der Waals surface area contributed by atoms with Gasteiger partial charge in [0, 0.05) is 38.8 Å². The summed E-state index contributed by atoms with van der Waals surface area (Å²) in [7, 11) is 1.85. The molecule has 0 saturated carbocycles. The fourth-order valence-corrected chi connectivity index (χ4v) is 3.84. The lowest BCUT2D eigenvalue weighted by Crippen LogP contribution is -2.49. The summed E-state index contributed by atoms with van der Waals surface area (Å²) < 4.78 is 0. The monoisotopic (exact) mass is 378 g/mol. The third-order valence-corrected chi connectivity index (χ3v) is 5.75. The number of hydrogen-bond acceptors (Lipinski definition) is 2. The van der Waals surface area contributed by atoms with Crippen molar-refractivity contribution in [2.24, 2.45) is 4.99 Å². The van der Waals surface area contributed by atoms with Crippen LogP contribution in [-0.2, 0) is 6.42 Å². The highest BCUT2D eigenvalue weighted by molar-refractivity contribution is 5.79. The first-order chi connectivity index (χ1) is 13.7. The normalized spacial score (nSPS) is 17.3. The van der Waals surface area contributed by atoms with E-state index in [2.05, 4.69) is 89.0 Å². The van der Waals surface area contributed by atoms with Gasteiger partial charge in [0.15, 0.2) is 5.96 Å². The zero-order valence-electron chi connectivity index (χ0n) is 17.5. The van der Waals surface area contributed by atoms with Gasteiger partial charge in [-0.2, -0.15) is 0 Å². The van der Waals surface area contributed by atoms with Gasteiger partial charge in [0.25, 0.3) is 0 Å². The predicted molar refractivity (Wildman–Crippen MR) is 119 cm³/mol. The van der Waals surface area contributed by atoms with Crippen LogP contribution in [0.15, 0.2) is 59.6 Å². The molecule has 4 heteroatoms. The summed E-state index contributed by atoms with van der Waals surface area (Å²) in [5.41, 5.74) is 4.07. The Labute approximate surface area is 170 Å². The van der Waals surface area contributed by atoms with Gasteiger partial charge < -0.3 is 10.6 Å². The van der Waals surface area contributed by atoms with Gasteiger partial charge in [-0.25, -0.2) is 0 Å². The van der Waals surface area contributed by atoms with Crippen molar-refractivity contribution < 1.29 is 0 Å². The Morgan fingerprint density at radius 3 is 2.39 bits per heavy atom. The lowest BCUT2D eigenvalue weighted by molar-refractivity contribution is 0.158. The van der Waals surface area contributed by atoms with E-state index in [1.807, 2.05) is 7.05 Å². The van der Waals surface area contributed by atoms with Crippen LogP contribution < -0.4 is 10.6 Å². The quantitative estimate of drug-likeness (QED) is 0.591. The minimum atomic E-state index is 0.481. The maximum Gasteiger partial charge on any atom is 0.191 e. The Hall–Kier alpha value is -2.33. The van der Waals surface area contributed by atoms with E-state index in [-0.39, 0.29) is 0 Å². The molecule has 1 atom stereocenters. The fraction of sp³-hybridized carbons (Fsp3) is 0.458. The van der Waals surface area contributed by atoms with Crippen LogP contribution in [0.25, 0.3) is 0 Å². The molecule has 1 unspecified atom stereocenters. The highest BCUT2D eigenvalue weighted by Gasteiger charge is 2.23. The molecule has 0 amide bonds. The van der Waals surface area contributed by atoms with E-state index >= 15 is 0 Å². The molecular formula is C24H34N4. The highest BCUT2D eigenvalue weighted by Crippen LogP contribution is 2.23. The summed E-state index contributed by atoms with van der Waals surface area (Å²) in [5, 5.41) is 7.08. The number of guanidine groups is 1. The second-order valence-corrected chi connectivity index (χ2v) is 7.78. The van der Waals surface area contributed by atoms with Gasteiger partial charge in [-0.1, -0.05) is 60.2 Å². The smallest absolute Gasteiger partial charge is 0.191 e. The third-order valence-electron chi connectivity index (χ3n) is 5.75. The van der Waals surface area contributed by atoms with Gasteiger partial charge in [0.1, 0.15) is 0 Å². The Morgan fingerprint density at radius 2 is 1.75 bits per heavy atom. The molecule has 1 heterocycles. The molecule has 4 nitrogen and oxygen atoms in total. The van der Waals surface area contributed by atoms with Crippen LogP contribution >= 0.6 is 0 Å². The van der Waals surface area contributed by atoms with E-state index in [0.29, 0.717) is 12.1 Å². The van der Waals surface area contributed by atoms with E-state index in [0.717, 1.165) is 44.9 Å². The number of hydrogen-bond donors (Lipinski definition) is 2. The Bertz CT molecular complexity index is 731. The average molecular weight is 379 g/mol. The van der Waals surface area contributed by atoms with Crippen LogP contribution in [0.1, 0.15) is 42.5 Å². The van der Waals surface area contributed by atoms with Crippen LogP contribution in [0.5, 0.6) is 0 Å². The minimum Gasteiger partial charge on any atom is -0.356 e. The second-order valence-electron chi connectivity index (χ2n) is 7.78. The lowest BCUT2D eigenvalue weighted by atomic mass is 10.0. The van der Waals surface area contributed by atoms with Gasteiger partial charge in [0.05, 0.1) is 0 Å². The van der Waals surface area contributed by atoms with E-state index in [4.69, 9.17) is 0 Å². The van der Waals surface area contributed by atoms with E-state index in [9.17, 15) is 0 Å². The number of aliphatic imine (C=N–C) groups is 1. The number of piperidine rings is 1. The van der Waals surface area contributed by atoms with Crippen molar-refractivity contribution >= 4 is 5.96 Å². The number of nitrogens with zero attached hydrogens (tertiary/aromatic N) is 2. The van der Waals surface area contributed by atoms with Crippen molar-refractivity contribution in [3.05, 3.63) is 71.3 Å². The Morgan fingerprint density at radius 1 is 1.07 bits per heavy atom. The first-order valence-electron chi connectivity index (χ1n) is 10.5. The molecule has 2 aromatic carbocycles. The van der Waals surface area contributed by atoms with Crippen LogP contribution in [-0.4, -0.2) is 43.6 Å². The molecule has 28 heavy (non-hydrogen) atoms. The summed E-state index contributed by atoms with van der Waals surface area (Å²) in [4.78, 5) is 6.99. The molecule has 1 saturated heterocycles. The fourth-order valence-electron chi connectivity index (χ4n) is 3.84. The predicted octanol–water partition coefficient (Wildman–Crippen LogP) is 3.93. The number of likely N-dealkylation sites (tertiary alicyclic amines) is 1. The van der Waals surface area contributed by atoms with E-state index in [1.165, 1.54) is 16.7 Å². The topological polar surface area (TPSA) is 39.7 Å². The maximum atomic E-state index is 4.41. The van der Waals surface area contributed by atoms with Crippen LogP contribution in [0.2, 0.25) is 0 Å². The van der Waals surface area contributed by atoms with Gasteiger partial charge >= 0.3 is 0 Å². The van der Waals surface area contributed by atoms with Crippen molar-refractivity contribution in [3.8, 4) is 0 Å². The first kappa shape index (κ1) is 20.4. The summed E-state index contributed by atoms with van der Waals surface area (Å²) >= 11 is 0. The summed E-state index contributed by atoms with van der Waals surface area (Å²) in [6.07, 6.45) is 3.31. The summed E-state index contributed by atoms with van der Waals surface area (Å²) in [6, 6.07) is 20.5. The van der Waals surface area contributed by atoms with Crippen LogP contribution in [0, 0.1) is 6.92 Å². The lowest BCUT2D eigenvalue weighted by Gasteiger charge is -2.37. The van der Waals surface area contributed by atoms with Crippen LogP contribution in [0.3, 0.4) is 0 Å².